The number of aryl methyl sites for hydroxylation is 1. The highest BCUT2D eigenvalue weighted by molar-refractivity contribution is 9.11. The smallest absolute Gasteiger partial charge is 0.244 e. The number of hydrogen-bond donors (Lipinski definition) is 2. The molecule has 0 unspecified atom stereocenters. The fourth-order valence-electron chi connectivity index (χ4n) is 1.72. The van der Waals surface area contributed by atoms with E-state index in [9.17, 15) is 8.42 Å². The van der Waals surface area contributed by atoms with Crippen molar-refractivity contribution in [1.82, 2.24) is 19.8 Å². The first kappa shape index (κ1) is 16.6. The number of halogens is 1. The standard InChI is InChI=1S/C12H17BrN4O2S2/c1-14-5-2-6-17-9-11(8-15-17)21(18,19)16-7-10-3-4-12(13)20-10/h3-4,8-9,14,16H,2,5-7H2,1H3. The van der Waals surface area contributed by atoms with Crippen LogP contribution >= 0.6 is 27.3 Å². The van der Waals surface area contributed by atoms with Gasteiger partial charge in [-0.3, -0.25) is 4.68 Å². The lowest BCUT2D eigenvalue weighted by molar-refractivity contribution is 0.560. The average molecular weight is 393 g/mol. The molecule has 9 heteroatoms. The Bertz CT molecular complexity index is 681. The van der Waals surface area contributed by atoms with Gasteiger partial charge in [-0.2, -0.15) is 5.10 Å². The summed E-state index contributed by atoms with van der Waals surface area (Å²) in [6.45, 7) is 1.84. The predicted octanol–water partition coefficient (Wildman–Crippen LogP) is 1.80. The van der Waals surface area contributed by atoms with E-state index in [0.29, 0.717) is 6.54 Å². The number of thiophene rings is 1. The van der Waals surface area contributed by atoms with Crippen molar-refractivity contribution in [3.05, 3.63) is 33.2 Å². The topological polar surface area (TPSA) is 76.0 Å². The lowest BCUT2D eigenvalue weighted by atomic mass is 10.4. The second-order valence-corrected chi connectivity index (χ2v) is 8.74. The Balaban J connectivity index is 1.95. The summed E-state index contributed by atoms with van der Waals surface area (Å²) in [6.07, 6.45) is 3.84. The molecule has 2 aromatic heterocycles. The molecule has 2 rings (SSSR count). The first-order chi connectivity index (χ1) is 10.0. The van der Waals surface area contributed by atoms with Crippen molar-refractivity contribution in [1.29, 1.82) is 0 Å². The van der Waals surface area contributed by atoms with Crippen molar-refractivity contribution in [2.24, 2.45) is 0 Å². The van der Waals surface area contributed by atoms with Gasteiger partial charge in [0, 0.05) is 24.2 Å². The molecule has 0 saturated carbocycles. The lowest BCUT2D eigenvalue weighted by Gasteiger charge is -2.03. The van der Waals surface area contributed by atoms with Crippen LogP contribution in [0.5, 0.6) is 0 Å². The van der Waals surface area contributed by atoms with Crippen LogP contribution in [0.15, 0.2) is 33.2 Å². The van der Waals surface area contributed by atoms with E-state index in [1.54, 1.807) is 10.9 Å². The van der Waals surface area contributed by atoms with Crippen molar-refractivity contribution in [2.45, 2.75) is 24.4 Å². The minimum atomic E-state index is -3.52. The van der Waals surface area contributed by atoms with Gasteiger partial charge in [0.2, 0.25) is 10.0 Å². The van der Waals surface area contributed by atoms with Gasteiger partial charge < -0.3 is 5.32 Å². The van der Waals surface area contributed by atoms with E-state index in [2.05, 4.69) is 31.1 Å². The van der Waals surface area contributed by atoms with Crippen LogP contribution in [-0.2, 0) is 23.1 Å². The maximum Gasteiger partial charge on any atom is 0.244 e. The molecule has 0 atom stereocenters. The molecule has 0 radical (unpaired) electrons. The van der Waals surface area contributed by atoms with Crippen LogP contribution in [0.2, 0.25) is 0 Å². The van der Waals surface area contributed by atoms with Crippen LogP contribution in [0.25, 0.3) is 0 Å². The molecule has 116 valence electrons. The Kier molecular flexibility index (Phi) is 5.94. The Morgan fingerprint density at radius 1 is 1.43 bits per heavy atom. The van der Waals surface area contributed by atoms with E-state index >= 15 is 0 Å². The number of sulfonamides is 1. The third-order valence-electron chi connectivity index (χ3n) is 2.80. The molecule has 0 spiro atoms. The molecule has 2 aromatic rings. The molecule has 0 aliphatic rings. The van der Waals surface area contributed by atoms with Crippen LogP contribution in [0.4, 0.5) is 0 Å². The van der Waals surface area contributed by atoms with Gasteiger partial charge in [0.1, 0.15) is 4.90 Å². The molecular weight excluding hydrogens is 376 g/mol. The fourth-order valence-corrected chi connectivity index (χ4v) is 4.19. The van der Waals surface area contributed by atoms with Gasteiger partial charge in [-0.1, -0.05) is 0 Å². The summed E-state index contributed by atoms with van der Waals surface area (Å²) < 4.78 is 29.6. The lowest BCUT2D eigenvalue weighted by Crippen LogP contribution is -2.22. The summed E-state index contributed by atoms with van der Waals surface area (Å²) in [4.78, 5) is 1.15. The Morgan fingerprint density at radius 3 is 2.90 bits per heavy atom. The Labute approximate surface area is 136 Å². The van der Waals surface area contributed by atoms with Crippen molar-refractivity contribution in [2.75, 3.05) is 13.6 Å². The number of nitrogens with zero attached hydrogens (tertiary/aromatic N) is 2. The molecule has 0 saturated heterocycles. The second-order valence-electron chi connectivity index (χ2n) is 4.43. The number of nitrogens with one attached hydrogen (secondary N) is 2. The summed E-state index contributed by atoms with van der Waals surface area (Å²) in [5.41, 5.74) is 0. The van der Waals surface area contributed by atoms with Gasteiger partial charge in [0.25, 0.3) is 0 Å². The zero-order chi connectivity index (χ0) is 15.3. The van der Waals surface area contributed by atoms with Gasteiger partial charge in [-0.05, 0) is 48.1 Å². The van der Waals surface area contributed by atoms with Crippen LogP contribution in [0, 0.1) is 0 Å². The van der Waals surface area contributed by atoms with Gasteiger partial charge in [-0.25, -0.2) is 13.1 Å². The number of hydrogen-bond acceptors (Lipinski definition) is 5. The molecule has 6 nitrogen and oxygen atoms in total. The first-order valence-corrected chi connectivity index (χ1v) is 9.51. The van der Waals surface area contributed by atoms with Crippen molar-refractivity contribution in [3.8, 4) is 0 Å². The second kappa shape index (κ2) is 7.50. The number of rotatable bonds is 8. The molecule has 0 aliphatic carbocycles. The molecule has 21 heavy (non-hydrogen) atoms. The van der Waals surface area contributed by atoms with Crippen LogP contribution in [0.3, 0.4) is 0 Å². The SMILES string of the molecule is CNCCCn1cc(S(=O)(=O)NCc2ccc(Br)s2)cn1. The van der Waals surface area contributed by atoms with Crippen molar-refractivity contribution in [3.63, 3.8) is 0 Å². The maximum absolute atomic E-state index is 12.2. The van der Waals surface area contributed by atoms with Crippen molar-refractivity contribution >= 4 is 37.3 Å². The molecule has 0 amide bonds. The maximum atomic E-state index is 12.2. The highest BCUT2D eigenvalue weighted by Gasteiger charge is 2.16. The van der Waals surface area contributed by atoms with E-state index < -0.39 is 10.0 Å². The Hall–Kier alpha value is -0.740. The predicted molar refractivity (Wildman–Crippen MR) is 86.8 cm³/mol. The van der Waals surface area contributed by atoms with Crippen LogP contribution in [-0.4, -0.2) is 31.8 Å². The first-order valence-electron chi connectivity index (χ1n) is 6.42. The monoisotopic (exact) mass is 392 g/mol. The average Bonchev–Trinajstić information content (AvgIpc) is 3.06. The third kappa shape index (κ3) is 4.89. The van der Waals surface area contributed by atoms with E-state index in [0.717, 1.165) is 21.6 Å². The molecule has 0 fully saturated rings. The van der Waals surface area contributed by atoms with Gasteiger partial charge in [0.15, 0.2) is 0 Å². The van der Waals surface area contributed by atoms with Crippen molar-refractivity contribution < 1.29 is 8.42 Å². The van der Waals surface area contributed by atoms with E-state index in [4.69, 9.17) is 0 Å². The zero-order valence-electron chi connectivity index (χ0n) is 11.5. The molecule has 0 aromatic carbocycles. The summed E-state index contributed by atoms with van der Waals surface area (Å²) in [5.74, 6) is 0. The quantitative estimate of drug-likeness (QED) is 0.671. The summed E-state index contributed by atoms with van der Waals surface area (Å²) >= 11 is 4.86. The fraction of sp³-hybridized carbons (Fsp3) is 0.417. The van der Waals surface area contributed by atoms with E-state index in [1.165, 1.54) is 17.5 Å². The highest BCUT2D eigenvalue weighted by Crippen LogP contribution is 2.22. The molecule has 2 N–H and O–H groups in total. The minimum Gasteiger partial charge on any atom is -0.320 e. The number of aromatic nitrogens is 2. The molecular formula is C12H17BrN4O2S2. The summed E-state index contributed by atoms with van der Waals surface area (Å²) in [5, 5.41) is 7.12. The van der Waals surface area contributed by atoms with Crippen LogP contribution in [0.1, 0.15) is 11.3 Å². The summed E-state index contributed by atoms with van der Waals surface area (Å²) in [7, 11) is -1.64. The van der Waals surface area contributed by atoms with E-state index in [1.807, 2.05) is 19.2 Å². The third-order valence-corrected chi connectivity index (χ3v) is 5.78. The van der Waals surface area contributed by atoms with Gasteiger partial charge >= 0.3 is 0 Å². The summed E-state index contributed by atoms with van der Waals surface area (Å²) in [6, 6.07) is 3.78. The zero-order valence-corrected chi connectivity index (χ0v) is 14.8. The van der Waals surface area contributed by atoms with E-state index in [-0.39, 0.29) is 11.4 Å². The molecule has 0 aliphatic heterocycles. The molecule has 2 heterocycles. The van der Waals surface area contributed by atoms with Gasteiger partial charge in [-0.15, -0.1) is 11.3 Å². The van der Waals surface area contributed by atoms with Crippen LogP contribution < -0.4 is 10.0 Å². The van der Waals surface area contributed by atoms with Gasteiger partial charge in [0.05, 0.1) is 9.98 Å². The normalized spacial score (nSPS) is 11.9. The Morgan fingerprint density at radius 2 is 2.24 bits per heavy atom. The largest absolute Gasteiger partial charge is 0.320 e. The molecule has 0 bridgehead atoms. The minimum absolute atomic E-state index is 0.197. The highest BCUT2D eigenvalue weighted by atomic mass is 79.9.